The molecule has 0 aliphatic heterocycles. The molecule has 0 fully saturated rings. The first kappa shape index (κ1) is 13.5. The summed E-state index contributed by atoms with van der Waals surface area (Å²) in [5.41, 5.74) is 2.14. The van der Waals surface area contributed by atoms with Crippen LogP contribution in [0.1, 0.15) is 32.5 Å². The molecule has 2 aromatic heterocycles. The van der Waals surface area contributed by atoms with E-state index in [0.717, 1.165) is 33.8 Å². The molecule has 0 amide bonds. The molecule has 3 heteroatoms. The van der Waals surface area contributed by atoms with Crippen molar-refractivity contribution in [2.45, 2.75) is 33.1 Å². The summed E-state index contributed by atoms with van der Waals surface area (Å²) < 4.78 is 2.20. The van der Waals surface area contributed by atoms with E-state index in [1.54, 1.807) is 6.08 Å². The van der Waals surface area contributed by atoms with E-state index in [-0.39, 0.29) is 0 Å². The molecule has 2 aromatic rings. The van der Waals surface area contributed by atoms with Crippen LogP contribution in [0.4, 0.5) is 0 Å². The van der Waals surface area contributed by atoms with E-state index in [1.807, 2.05) is 19.2 Å². The molecule has 0 unspecified atom stereocenters. The molecule has 0 aliphatic carbocycles. The van der Waals surface area contributed by atoms with E-state index < -0.39 is 0 Å². The van der Waals surface area contributed by atoms with Gasteiger partial charge >= 0.3 is 0 Å². The molecule has 0 aliphatic rings. The third-order valence-corrected chi connectivity index (χ3v) is 3.39. The number of rotatable bonds is 4. The van der Waals surface area contributed by atoms with Crippen LogP contribution in [-0.2, 0) is 13.5 Å². The van der Waals surface area contributed by atoms with E-state index in [4.69, 9.17) is 4.98 Å². The molecular formula is C16H21N3. The van der Waals surface area contributed by atoms with Gasteiger partial charge in [0.2, 0.25) is 0 Å². The zero-order valence-electron chi connectivity index (χ0n) is 12.0. The van der Waals surface area contributed by atoms with Crippen molar-refractivity contribution < 1.29 is 0 Å². The molecule has 0 spiro atoms. The van der Waals surface area contributed by atoms with Crippen LogP contribution in [0.5, 0.6) is 0 Å². The van der Waals surface area contributed by atoms with E-state index >= 15 is 0 Å². The number of allylic oxidation sites excluding steroid dienone is 1. The summed E-state index contributed by atoms with van der Waals surface area (Å²) >= 11 is 0. The van der Waals surface area contributed by atoms with Gasteiger partial charge < -0.3 is 4.57 Å². The Kier molecular flexibility index (Phi) is 4.15. The van der Waals surface area contributed by atoms with Gasteiger partial charge in [-0.2, -0.15) is 0 Å². The normalized spacial score (nSPS) is 13.4. The molecule has 0 N–H and O–H groups in total. The van der Waals surface area contributed by atoms with Gasteiger partial charge in [-0.05, 0) is 19.4 Å². The first-order chi connectivity index (χ1) is 9.22. The van der Waals surface area contributed by atoms with E-state index in [9.17, 15) is 0 Å². The van der Waals surface area contributed by atoms with Crippen LogP contribution in [-0.4, -0.2) is 14.5 Å². The smallest absolute Gasteiger partial charge is 0.109 e. The lowest BCUT2D eigenvalue weighted by Gasteiger charge is -2.01. The van der Waals surface area contributed by atoms with Crippen LogP contribution in [0.25, 0.3) is 23.2 Å². The molecule has 3 nitrogen and oxygen atoms in total. The van der Waals surface area contributed by atoms with Crippen molar-refractivity contribution in [3.8, 4) is 0 Å². The Morgan fingerprint density at radius 2 is 2.21 bits per heavy atom. The third-order valence-electron chi connectivity index (χ3n) is 3.39. The van der Waals surface area contributed by atoms with Gasteiger partial charge in [0.1, 0.15) is 11.3 Å². The maximum Gasteiger partial charge on any atom is 0.109 e. The number of nitrogens with zero attached hydrogens (tertiary/aromatic N) is 3. The van der Waals surface area contributed by atoms with Gasteiger partial charge in [-0.25, -0.2) is 4.98 Å². The Balaban J connectivity index is 2.75. The minimum absolute atomic E-state index is 0.954. The van der Waals surface area contributed by atoms with Crippen LogP contribution in [0.2, 0.25) is 0 Å². The highest BCUT2D eigenvalue weighted by atomic mass is 15.1. The van der Waals surface area contributed by atoms with Crippen LogP contribution in [0.15, 0.2) is 18.9 Å². The summed E-state index contributed by atoms with van der Waals surface area (Å²) in [5.74, 6) is 1.14. The minimum Gasteiger partial charge on any atom is -0.331 e. The van der Waals surface area contributed by atoms with Gasteiger partial charge in [-0.1, -0.05) is 32.1 Å². The number of aromatic nitrogens is 3. The summed E-state index contributed by atoms with van der Waals surface area (Å²) in [6.07, 6.45) is 11.0. The zero-order valence-corrected chi connectivity index (χ0v) is 12.0. The maximum atomic E-state index is 4.70. The Bertz CT molecular complexity index is 708. The molecule has 2 heterocycles. The van der Waals surface area contributed by atoms with Gasteiger partial charge in [0.25, 0.3) is 0 Å². The molecule has 0 saturated heterocycles. The fourth-order valence-electron chi connectivity index (χ4n) is 2.39. The second kappa shape index (κ2) is 5.83. The molecular weight excluding hydrogens is 234 g/mol. The predicted octanol–water partition coefficient (Wildman–Crippen LogP) is 2.08. The van der Waals surface area contributed by atoms with E-state index in [1.165, 1.54) is 12.8 Å². The van der Waals surface area contributed by atoms with Crippen molar-refractivity contribution in [1.29, 1.82) is 0 Å². The highest BCUT2D eigenvalue weighted by Gasteiger charge is 2.09. The Morgan fingerprint density at radius 3 is 2.84 bits per heavy atom. The Labute approximate surface area is 114 Å². The minimum atomic E-state index is 0.954. The highest BCUT2D eigenvalue weighted by Crippen LogP contribution is 2.11. The first-order valence-corrected chi connectivity index (χ1v) is 6.82. The summed E-state index contributed by atoms with van der Waals surface area (Å²) in [6, 6.07) is 0. The first-order valence-electron chi connectivity index (χ1n) is 6.82. The van der Waals surface area contributed by atoms with Crippen LogP contribution in [0.3, 0.4) is 0 Å². The van der Waals surface area contributed by atoms with Gasteiger partial charge in [0.05, 0.1) is 17.1 Å². The van der Waals surface area contributed by atoms with Gasteiger partial charge in [-0.3, -0.25) is 4.98 Å². The van der Waals surface area contributed by atoms with Crippen molar-refractivity contribution >= 4 is 23.2 Å². The number of unbranched alkanes of at least 4 members (excludes halogenated alkanes) is 1. The monoisotopic (exact) mass is 255 g/mol. The Morgan fingerprint density at radius 1 is 1.42 bits per heavy atom. The fourth-order valence-corrected chi connectivity index (χ4v) is 2.39. The molecule has 19 heavy (non-hydrogen) atoms. The second-order valence-electron chi connectivity index (χ2n) is 4.67. The van der Waals surface area contributed by atoms with Crippen molar-refractivity contribution in [2.75, 3.05) is 0 Å². The van der Waals surface area contributed by atoms with E-state index in [2.05, 4.69) is 36.2 Å². The summed E-state index contributed by atoms with van der Waals surface area (Å²) in [5, 5.41) is 2.09. The number of imidazole rings is 1. The molecule has 100 valence electrons. The predicted molar refractivity (Wildman–Crippen MR) is 81.2 cm³/mol. The average molecular weight is 255 g/mol. The topological polar surface area (TPSA) is 30.7 Å². The fraction of sp³-hybridized carbons (Fsp3) is 0.375. The quantitative estimate of drug-likeness (QED) is 0.837. The van der Waals surface area contributed by atoms with Crippen LogP contribution >= 0.6 is 0 Å². The highest BCUT2D eigenvalue weighted by molar-refractivity contribution is 5.76. The van der Waals surface area contributed by atoms with Crippen LogP contribution in [0, 0.1) is 0 Å². The molecule has 0 bridgehead atoms. The largest absolute Gasteiger partial charge is 0.331 e. The molecule has 0 saturated carbocycles. The molecule has 0 aromatic carbocycles. The van der Waals surface area contributed by atoms with Gasteiger partial charge in [0.15, 0.2) is 0 Å². The molecule has 2 rings (SSSR count). The maximum absolute atomic E-state index is 4.70. The third kappa shape index (κ3) is 2.46. The SMILES string of the molecule is C=C/C=c1/ncc2nc(CCCC)n(C)c2/c1=C/C. The number of hydrogen-bond donors (Lipinski definition) is 0. The number of hydrogen-bond acceptors (Lipinski definition) is 2. The molecule has 0 atom stereocenters. The van der Waals surface area contributed by atoms with Gasteiger partial charge in [-0.15, -0.1) is 0 Å². The van der Waals surface area contributed by atoms with Crippen molar-refractivity contribution in [1.82, 2.24) is 14.5 Å². The van der Waals surface area contributed by atoms with Crippen molar-refractivity contribution in [2.24, 2.45) is 7.05 Å². The lowest BCUT2D eigenvalue weighted by atomic mass is 10.2. The average Bonchev–Trinajstić information content (AvgIpc) is 2.74. The lowest BCUT2D eigenvalue weighted by Crippen LogP contribution is -2.29. The summed E-state index contributed by atoms with van der Waals surface area (Å²) in [7, 11) is 2.09. The molecule has 0 radical (unpaired) electrons. The van der Waals surface area contributed by atoms with Crippen molar-refractivity contribution in [3.63, 3.8) is 0 Å². The zero-order chi connectivity index (χ0) is 13.8. The van der Waals surface area contributed by atoms with Gasteiger partial charge in [0, 0.05) is 18.7 Å². The van der Waals surface area contributed by atoms with Crippen molar-refractivity contribution in [3.05, 3.63) is 35.2 Å². The van der Waals surface area contributed by atoms with Crippen LogP contribution < -0.4 is 10.6 Å². The second-order valence-corrected chi connectivity index (χ2v) is 4.67. The lowest BCUT2D eigenvalue weighted by molar-refractivity contribution is 0.719. The number of aryl methyl sites for hydroxylation is 2. The standard InChI is InChI=1S/C16H21N3/c1-5-8-10-15-18-14-11-17-13(9-6-2)12(7-3)16(14)19(15)4/h6-7,9,11H,2,5,8,10H2,1,3-4H3/b12-7+,13-9+. The number of fused-ring (bicyclic) bond motifs is 1. The van der Waals surface area contributed by atoms with E-state index in [0.29, 0.717) is 0 Å². The Hall–Kier alpha value is -1.90. The summed E-state index contributed by atoms with van der Waals surface area (Å²) in [6.45, 7) is 7.99. The summed E-state index contributed by atoms with van der Waals surface area (Å²) in [4.78, 5) is 9.17. The number of pyridine rings is 1.